The average molecular weight is 773 g/mol. The molecule has 0 heterocycles. The molecule has 0 saturated heterocycles. The Labute approximate surface area is 356 Å². The molecule has 0 amide bonds. The summed E-state index contributed by atoms with van der Waals surface area (Å²) in [5, 5.41) is 2.59. The van der Waals surface area contributed by atoms with Gasteiger partial charge >= 0.3 is 0 Å². The Hall–Kier alpha value is -5.98. The van der Waals surface area contributed by atoms with Gasteiger partial charge in [-0.15, -0.1) is 0 Å². The average Bonchev–Trinajstić information content (AvgIpc) is 3.61. The van der Waals surface area contributed by atoms with Crippen LogP contribution in [0, 0.1) is 0 Å². The highest BCUT2D eigenvalue weighted by molar-refractivity contribution is 5.88. The van der Waals surface area contributed by atoms with Crippen LogP contribution in [0.5, 0.6) is 0 Å². The van der Waals surface area contributed by atoms with Crippen molar-refractivity contribution in [1.82, 2.24) is 0 Å². The van der Waals surface area contributed by atoms with Crippen LogP contribution in [-0.4, -0.2) is 0 Å². The number of benzene rings is 8. The predicted octanol–water partition coefficient (Wildman–Crippen LogP) is 15.1. The molecule has 0 fully saturated rings. The van der Waals surface area contributed by atoms with Crippen molar-refractivity contribution in [2.75, 3.05) is 0 Å². The Kier molecular flexibility index (Phi) is 7.10. The topological polar surface area (TPSA) is 0 Å². The van der Waals surface area contributed by atoms with E-state index in [0.717, 1.165) is 0 Å². The fourth-order valence-electron chi connectivity index (χ4n) is 12.7. The number of fused-ring (bicyclic) bond motifs is 11. The van der Waals surface area contributed by atoms with Gasteiger partial charge in [-0.1, -0.05) is 201 Å². The maximum absolute atomic E-state index is 2.58. The summed E-state index contributed by atoms with van der Waals surface area (Å²) in [7, 11) is 0. The lowest BCUT2D eigenvalue weighted by atomic mass is 9.62. The minimum Gasteiger partial charge on any atom is -0.0619 e. The molecule has 0 N–H and O–H groups in total. The van der Waals surface area contributed by atoms with E-state index in [1.54, 1.807) is 0 Å². The van der Waals surface area contributed by atoms with E-state index in [1.807, 2.05) is 0 Å². The van der Waals surface area contributed by atoms with Crippen LogP contribution >= 0.6 is 0 Å². The van der Waals surface area contributed by atoms with Gasteiger partial charge in [-0.2, -0.15) is 0 Å². The molecule has 8 aromatic carbocycles. The lowest BCUT2D eigenvalue weighted by Crippen LogP contribution is -2.30. The SMILES string of the molecule is CC1(C)c2ccccc2-c2cc3c(cc21)C(C)(C)c1ccccc1C3c1ccc2cc(C3c4ccccc4C(C)(C)c4cc5c(cc43)-c3ccccc3C5(C)C)ccc2c1. The second-order valence-corrected chi connectivity index (χ2v) is 20.5. The van der Waals surface area contributed by atoms with Gasteiger partial charge in [-0.05, 0) is 123 Å². The van der Waals surface area contributed by atoms with Gasteiger partial charge in [0.25, 0.3) is 0 Å². The van der Waals surface area contributed by atoms with Gasteiger partial charge in [-0.3, -0.25) is 0 Å². The van der Waals surface area contributed by atoms with Crippen molar-refractivity contribution >= 4 is 10.8 Å². The third-order valence-electron chi connectivity index (χ3n) is 15.9. The van der Waals surface area contributed by atoms with E-state index in [-0.39, 0.29) is 33.5 Å². The molecule has 8 aromatic rings. The second kappa shape index (κ2) is 11.9. The number of hydrogen-bond acceptors (Lipinski definition) is 0. The zero-order valence-electron chi connectivity index (χ0n) is 36.2. The molecule has 0 aromatic heterocycles. The van der Waals surface area contributed by atoms with Crippen LogP contribution in [0.15, 0.2) is 158 Å². The van der Waals surface area contributed by atoms with Gasteiger partial charge < -0.3 is 0 Å². The first kappa shape index (κ1) is 35.9. The molecule has 0 nitrogen and oxygen atoms in total. The molecule has 0 saturated carbocycles. The lowest BCUT2D eigenvalue weighted by Gasteiger charge is -2.41. The fourth-order valence-corrected chi connectivity index (χ4v) is 12.7. The van der Waals surface area contributed by atoms with Gasteiger partial charge in [0.2, 0.25) is 0 Å². The number of rotatable bonds is 2. The van der Waals surface area contributed by atoms with Gasteiger partial charge in [0.15, 0.2) is 0 Å². The van der Waals surface area contributed by atoms with E-state index in [9.17, 15) is 0 Å². The van der Waals surface area contributed by atoms with Gasteiger partial charge in [0, 0.05) is 33.5 Å². The molecule has 0 aliphatic heterocycles. The first-order valence-corrected chi connectivity index (χ1v) is 22.1. The monoisotopic (exact) mass is 772 g/mol. The van der Waals surface area contributed by atoms with Crippen LogP contribution < -0.4 is 0 Å². The normalized spacial score (nSPS) is 19.9. The van der Waals surface area contributed by atoms with Crippen LogP contribution in [0.2, 0.25) is 0 Å². The van der Waals surface area contributed by atoms with Crippen molar-refractivity contribution in [2.45, 2.75) is 88.9 Å². The molecule has 0 radical (unpaired) electrons. The third kappa shape index (κ3) is 4.58. The van der Waals surface area contributed by atoms with Crippen molar-refractivity contribution < 1.29 is 0 Å². The predicted molar refractivity (Wildman–Crippen MR) is 251 cm³/mol. The maximum atomic E-state index is 2.58. The molecule has 0 heteroatoms. The summed E-state index contributed by atoms with van der Waals surface area (Å²) in [4.78, 5) is 0. The summed E-state index contributed by atoms with van der Waals surface area (Å²) < 4.78 is 0. The highest BCUT2D eigenvalue weighted by Crippen LogP contribution is 2.58. The molecular weight excluding hydrogens is 721 g/mol. The van der Waals surface area contributed by atoms with Gasteiger partial charge in [-0.25, -0.2) is 0 Å². The highest BCUT2D eigenvalue weighted by Gasteiger charge is 2.45. The Morgan fingerprint density at radius 2 is 0.617 bits per heavy atom. The van der Waals surface area contributed by atoms with Crippen molar-refractivity contribution in [1.29, 1.82) is 0 Å². The molecule has 12 rings (SSSR count). The zero-order valence-corrected chi connectivity index (χ0v) is 36.2. The largest absolute Gasteiger partial charge is 0.0619 e. The Morgan fingerprint density at radius 3 is 1.03 bits per heavy atom. The molecular formula is C60H52. The lowest BCUT2D eigenvalue weighted by molar-refractivity contribution is 0.590. The first-order chi connectivity index (χ1) is 28.8. The smallest absolute Gasteiger partial charge is 0.0346 e. The molecule has 0 bridgehead atoms. The van der Waals surface area contributed by atoms with Crippen LogP contribution in [0.25, 0.3) is 33.0 Å². The minimum absolute atomic E-state index is 0.0413. The maximum Gasteiger partial charge on any atom is 0.0346 e. The molecule has 2 unspecified atom stereocenters. The standard InChI is InChI=1S/C60H52/c1-57(2)47-21-13-9-17-39(47)43-31-45-53(33-51(43)57)59(5,6)49-23-15-11-19-41(49)55(45)37-27-25-36-30-38(28-26-35(36)29-37)56-42-20-12-16-24-50(42)60(7,8)54-34-52-44(32-46(54)56)40-18-10-14-22-48(40)58(52,3)4/h9-34,55-56H,1-8H3. The van der Waals surface area contributed by atoms with Crippen molar-refractivity contribution in [3.05, 3.63) is 236 Å². The Bertz CT molecular complexity index is 2950. The highest BCUT2D eigenvalue weighted by atomic mass is 14.5. The summed E-state index contributed by atoms with van der Waals surface area (Å²) >= 11 is 0. The van der Waals surface area contributed by atoms with Crippen LogP contribution in [-0.2, 0) is 21.7 Å². The summed E-state index contributed by atoms with van der Waals surface area (Å²) in [5.41, 5.74) is 25.2. The Morgan fingerprint density at radius 1 is 0.267 bits per heavy atom. The summed E-state index contributed by atoms with van der Waals surface area (Å²) in [5.74, 6) is 0.283. The number of hydrogen-bond donors (Lipinski definition) is 0. The van der Waals surface area contributed by atoms with Crippen molar-refractivity contribution in [3.8, 4) is 22.3 Å². The first-order valence-electron chi connectivity index (χ1n) is 22.1. The van der Waals surface area contributed by atoms with E-state index >= 15 is 0 Å². The third-order valence-corrected chi connectivity index (χ3v) is 15.9. The molecule has 60 heavy (non-hydrogen) atoms. The summed E-state index contributed by atoms with van der Waals surface area (Å²) in [6.07, 6.45) is 0. The van der Waals surface area contributed by atoms with E-state index in [4.69, 9.17) is 0 Å². The Balaban J connectivity index is 1.02. The molecule has 4 aliphatic rings. The van der Waals surface area contributed by atoms with Gasteiger partial charge in [0.1, 0.15) is 0 Å². The summed E-state index contributed by atoms with van der Waals surface area (Å²) in [6, 6.07) is 61.6. The molecule has 292 valence electrons. The minimum atomic E-state index is -0.118. The van der Waals surface area contributed by atoms with E-state index in [0.29, 0.717) is 0 Å². The van der Waals surface area contributed by atoms with E-state index in [2.05, 4.69) is 213 Å². The van der Waals surface area contributed by atoms with Crippen molar-refractivity contribution in [2.24, 2.45) is 0 Å². The van der Waals surface area contributed by atoms with E-state index < -0.39 is 0 Å². The molecule has 0 spiro atoms. The second-order valence-electron chi connectivity index (χ2n) is 20.5. The molecule has 2 atom stereocenters. The van der Waals surface area contributed by atoms with Crippen LogP contribution in [0.3, 0.4) is 0 Å². The fraction of sp³-hybridized carbons (Fsp3) is 0.233. The summed E-state index contributed by atoms with van der Waals surface area (Å²) in [6.45, 7) is 19.3. The van der Waals surface area contributed by atoms with Crippen LogP contribution in [0.1, 0.15) is 145 Å². The van der Waals surface area contributed by atoms with E-state index in [1.165, 1.54) is 111 Å². The van der Waals surface area contributed by atoms with Crippen LogP contribution in [0.4, 0.5) is 0 Å². The quantitative estimate of drug-likeness (QED) is 0.164. The van der Waals surface area contributed by atoms with Crippen molar-refractivity contribution in [3.63, 3.8) is 0 Å². The van der Waals surface area contributed by atoms with Gasteiger partial charge in [0.05, 0.1) is 0 Å². The zero-order chi connectivity index (χ0) is 41.1. The molecule has 4 aliphatic carbocycles.